The molecule has 0 spiro atoms. The van der Waals surface area contributed by atoms with Crippen LogP contribution in [0.5, 0.6) is 0 Å². The van der Waals surface area contributed by atoms with Crippen LogP contribution in [0, 0.1) is 0 Å². The zero-order valence-corrected chi connectivity index (χ0v) is 15.5. The van der Waals surface area contributed by atoms with Gasteiger partial charge >= 0.3 is 0 Å². The van der Waals surface area contributed by atoms with Crippen LogP contribution in [0.25, 0.3) is 0 Å². The van der Waals surface area contributed by atoms with Crippen LogP contribution in [0.15, 0.2) is 42.0 Å². The zero-order chi connectivity index (χ0) is 18.1. The van der Waals surface area contributed by atoms with Crippen LogP contribution < -0.4 is 5.32 Å². The molecular formula is C21H30N2O2. The molecule has 0 fully saturated rings. The van der Waals surface area contributed by atoms with Crippen LogP contribution >= 0.6 is 0 Å². The average molecular weight is 342 g/mol. The Morgan fingerprint density at radius 1 is 1.20 bits per heavy atom. The predicted octanol–water partition coefficient (Wildman–Crippen LogP) is 3.99. The summed E-state index contributed by atoms with van der Waals surface area (Å²) in [5.41, 5.74) is 2.55. The van der Waals surface area contributed by atoms with Crippen LogP contribution in [0.2, 0.25) is 0 Å². The third-order valence-electron chi connectivity index (χ3n) is 4.89. The Morgan fingerprint density at radius 3 is 2.60 bits per heavy atom. The molecular weight excluding hydrogens is 312 g/mol. The molecule has 1 unspecified atom stereocenters. The van der Waals surface area contributed by atoms with Gasteiger partial charge in [0, 0.05) is 26.4 Å². The highest BCUT2D eigenvalue weighted by Crippen LogP contribution is 2.21. The number of rotatable bonds is 8. The van der Waals surface area contributed by atoms with Gasteiger partial charge in [-0.05, 0) is 44.6 Å². The van der Waals surface area contributed by atoms with Gasteiger partial charge < -0.3 is 10.2 Å². The summed E-state index contributed by atoms with van der Waals surface area (Å²) in [6.07, 6.45) is 8.50. The summed E-state index contributed by atoms with van der Waals surface area (Å²) in [7, 11) is 0. The fourth-order valence-corrected chi connectivity index (χ4v) is 3.34. The smallest absolute Gasteiger partial charge is 0.221 e. The lowest BCUT2D eigenvalue weighted by molar-refractivity contribution is -0.131. The Hall–Kier alpha value is -2.10. The lowest BCUT2D eigenvalue weighted by Crippen LogP contribution is -2.36. The van der Waals surface area contributed by atoms with Crippen LogP contribution in [0.4, 0.5) is 0 Å². The fraction of sp³-hybridized carbons (Fsp3) is 0.524. The van der Waals surface area contributed by atoms with Gasteiger partial charge in [-0.2, -0.15) is 0 Å². The minimum atomic E-state index is -0.0288. The predicted molar refractivity (Wildman–Crippen MR) is 101 cm³/mol. The highest BCUT2D eigenvalue weighted by Gasteiger charge is 2.19. The van der Waals surface area contributed by atoms with Crippen molar-refractivity contribution in [3.8, 4) is 0 Å². The molecule has 1 atom stereocenters. The van der Waals surface area contributed by atoms with Crippen molar-refractivity contribution in [2.24, 2.45) is 0 Å². The van der Waals surface area contributed by atoms with Crippen molar-refractivity contribution in [1.29, 1.82) is 0 Å². The molecule has 1 aromatic carbocycles. The lowest BCUT2D eigenvalue weighted by atomic mass is 9.97. The standard InChI is InChI=1S/C21H30N2O2/c1-17(20-11-7-4-8-12-20)23(18(2)24)16-14-21(25)22-15-13-19-9-5-3-6-10-19/h4,7-9,11-12,17H,3,5-6,10,13-16H2,1-2H3,(H,22,25). The number of carbonyl (C=O) groups is 2. The van der Waals surface area contributed by atoms with Gasteiger partial charge in [0.05, 0.1) is 6.04 Å². The maximum absolute atomic E-state index is 12.1. The van der Waals surface area contributed by atoms with Crippen LogP contribution in [-0.4, -0.2) is 29.8 Å². The van der Waals surface area contributed by atoms with E-state index in [4.69, 9.17) is 0 Å². The second-order valence-corrected chi connectivity index (χ2v) is 6.76. The van der Waals surface area contributed by atoms with E-state index in [0.29, 0.717) is 19.5 Å². The van der Waals surface area contributed by atoms with Crippen LogP contribution in [0.3, 0.4) is 0 Å². The van der Waals surface area contributed by atoms with Gasteiger partial charge in [0.25, 0.3) is 0 Å². The molecule has 0 saturated heterocycles. The number of hydrogen-bond donors (Lipinski definition) is 1. The van der Waals surface area contributed by atoms with Crippen molar-refractivity contribution in [1.82, 2.24) is 10.2 Å². The molecule has 0 saturated carbocycles. The summed E-state index contributed by atoms with van der Waals surface area (Å²) in [6, 6.07) is 9.90. The van der Waals surface area contributed by atoms with Gasteiger partial charge in [0.1, 0.15) is 0 Å². The van der Waals surface area contributed by atoms with Crippen molar-refractivity contribution in [3.05, 3.63) is 47.5 Å². The number of allylic oxidation sites excluding steroid dienone is 1. The zero-order valence-electron chi connectivity index (χ0n) is 15.5. The quantitative estimate of drug-likeness (QED) is 0.726. The second kappa shape index (κ2) is 10.0. The molecule has 0 radical (unpaired) electrons. The molecule has 0 heterocycles. The van der Waals surface area contributed by atoms with Crippen molar-refractivity contribution >= 4 is 11.8 Å². The van der Waals surface area contributed by atoms with E-state index in [1.807, 2.05) is 37.3 Å². The summed E-state index contributed by atoms with van der Waals surface area (Å²) in [5, 5.41) is 2.99. The van der Waals surface area contributed by atoms with E-state index in [0.717, 1.165) is 12.0 Å². The normalized spacial score (nSPS) is 15.2. The first-order valence-corrected chi connectivity index (χ1v) is 9.34. The second-order valence-electron chi connectivity index (χ2n) is 6.76. The molecule has 25 heavy (non-hydrogen) atoms. The number of nitrogens with one attached hydrogen (secondary N) is 1. The van der Waals surface area contributed by atoms with E-state index < -0.39 is 0 Å². The molecule has 1 aliphatic rings. The average Bonchev–Trinajstić information content (AvgIpc) is 2.63. The number of amides is 2. The van der Waals surface area contributed by atoms with E-state index in [-0.39, 0.29) is 17.9 Å². The van der Waals surface area contributed by atoms with Gasteiger partial charge in [0.2, 0.25) is 11.8 Å². The number of hydrogen-bond acceptors (Lipinski definition) is 2. The number of nitrogens with zero attached hydrogens (tertiary/aromatic N) is 1. The minimum absolute atomic E-state index is 0.00323. The highest BCUT2D eigenvalue weighted by atomic mass is 16.2. The van der Waals surface area contributed by atoms with Gasteiger partial charge in [0.15, 0.2) is 0 Å². The first kappa shape index (κ1) is 19.2. The van der Waals surface area contributed by atoms with Crippen LogP contribution in [-0.2, 0) is 9.59 Å². The molecule has 4 heteroatoms. The molecule has 1 aromatic rings. The van der Waals surface area contributed by atoms with Crippen molar-refractivity contribution < 1.29 is 9.59 Å². The van der Waals surface area contributed by atoms with E-state index >= 15 is 0 Å². The van der Waals surface area contributed by atoms with Gasteiger partial charge in [-0.3, -0.25) is 9.59 Å². The first-order chi connectivity index (χ1) is 12.1. The van der Waals surface area contributed by atoms with Crippen molar-refractivity contribution in [3.63, 3.8) is 0 Å². The molecule has 0 aromatic heterocycles. The summed E-state index contributed by atoms with van der Waals surface area (Å²) >= 11 is 0. The topological polar surface area (TPSA) is 49.4 Å². The Labute approximate surface area is 151 Å². The summed E-state index contributed by atoms with van der Waals surface area (Å²) in [4.78, 5) is 25.8. The van der Waals surface area contributed by atoms with E-state index in [1.165, 1.54) is 31.3 Å². The largest absolute Gasteiger partial charge is 0.356 e. The maximum Gasteiger partial charge on any atom is 0.221 e. The third kappa shape index (κ3) is 6.37. The van der Waals surface area contributed by atoms with Crippen molar-refractivity contribution in [2.75, 3.05) is 13.1 Å². The van der Waals surface area contributed by atoms with Crippen LogP contribution in [0.1, 0.15) is 64.0 Å². The molecule has 4 nitrogen and oxygen atoms in total. The lowest BCUT2D eigenvalue weighted by Gasteiger charge is -2.28. The van der Waals surface area contributed by atoms with Gasteiger partial charge in [-0.25, -0.2) is 0 Å². The fourth-order valence-electron chi connectivity index (χ4n) is 3.34. The minimum Gasteiger partial charge on any atom is -0.356 e. The maximum atomic E-state index is 12.1. The number of carbonyl (C=O) groups excluding carboxylic acids is 2. The van der Waals surface area contributed by atoms with E-state index in [9.17, 15) is 9.59 Å². The van der Waals surface area contributed by atoms with Gasteiger partial charge in [-0.15, -0.1) is 0 Å². The monoisotopic (exact) mass is 342 g/mol. The van der Waals surface area contributed by atoms with E-state index in [2.05, 4.69) is 11.4 Å². The number of benzene rings is 1. The third-order valence-corrected chi connectivity index (χ3v) is 4.89. The molecule has 2 rings (SSSR count). The molecule has 1 aliphatic carbocycles. The van der Waals surface area contributed by atoms with Crippen molar-refractivity contribution in [2.45, 2.75) is 58.4 Å². The molecule has 136 valence electrons. The molecule has 0 bridgehead atoms. The highest BCUT2D eigenvalue weighted by molar-refractivity contribution is 5.78. The van der Waals surface area contributed by atoms with E-state index in [1.54, 1.807) is 11.8 Å². The first-order valence-electron chi connectivity index (χ1n) is 9.34. The summed E-state index contributed by atoms with van der Waals surface area (Å²) < 4.78 is 0. The molecule has 0 aliphatic heterocycles. The summed E-state index contributed by atoms with van der Waals surface area (Å²) in [5.74, 6) is 0.0134. The Bertz CT molecular complexity index is 595. The molecule has 2 amide bonds. The Balaban J connectivity index is 1.77. The SMILES string of the molecule is CC(=O)N(CCC(=O)NCCC1=CCCCC1)C(C)c1ccccc1. The summed E-state index contributed by atoms with van der Waals surface area (Å²) in [6.45, 7) is 4.70. The Kier molecular flexibility index (Phi) is 7.71. The Morgan fingerprint density at radius 2 is 1.96 bits per heavy atom. The van der Waals surface area contributed by atoms with Gasteiger partial charge in [-0.1, -0.05) is 42.0 Å². The molecule has 1 N–H and O–H groups in total.